The Bertz CT molecular complexity index is 1990. The van der Waals surface area contributed by atoms with Crippen LogP contribution >= 0.6 is 46.4 Å². The molecule has 2 atom stereocenters. The first-order chi connectivity index (χ1) is 22.2. The number of rotatable bonds is 5. The van der Waals surface area contributed by atoms with E-state index in [2.05, 4.69) is 12.6 Å². The number of amides is 1. The third kappa shape index (κ3) is 5.63. The summed E-state index contributed by atoms with van der Waals surface area (Å²) in [5.41, 5.74) is 6.71. The van der Waals surface area contributed by atoms with Gasteiger partial charge in [0.15, 0.2) is 5.82 Å². The largest absolute Gasteiger partial charge is 0.395 e. The molecule has 1 saturated heterocycles. The summed E-state index contributed by atoms with van der Waals surface area (Å²) in [6.07, 6.45) is 5.07. The second-order valence-electron chi connectivity index (χ2n) is 12.0. The van der Waals surface area contributed by atoms with Crippen LogP contribution in [0.2, 0.25) is 20.1 Å². The highest BCUT2D eigenvalue weighted by Crippen LogP contribution is 2.47. The number of anilines is 2. The number of likely N-dealkylation sites (N-methyl/N-ethyl adjacent to an activating group) is 1. The summed E-state index contributed by atoms with van der Waals surface area (Å²) in [6, 6.07) is 3.19. The van der Waals surface area contributed by atoms with Crippen molar-refractivity contribution in [2.75, 3.05) is 37.3 Å². The first-order valence-electron chi connectivity index (χ1n) is 14.8. The van der Waals surface area contributed by atoms with E-state index in [0.29, 0.717) is 36.4 Å². The molecule has 2 aliphatic rings. The molecule has 2 aliphatic heterocycles. The average Bonchev–Trinajstić information content (AvgIpc) is 3.03. The van der Waals surface area contributed by atoms with Crippen molar-refractivity contribution < 1.29 is 9.18 Å². The summed E-state index contributed by atoms with van der Waals surface area (Å²) < 4.78 is 16.2. The van der Waals surface area contributed by atoms with Crippen LogP contribution in [-0.2, 0) is 4.79 Å². The maximum Gasteiger partial charge on any atom is 0.276 e. The Morgan fingerprint density at radius 1 is 1.21 bits per heavy atom. The number of carbonyl (C=O) groups is 1. The van der Waals surface area contributed by atoms with Gasteiger partial charge in [-0.15, -0.1) is 0 Å². The normalized spacial score (nSPS) is 18.4. The third-order valence-electron chi connectivity index (χ3n) is 8.68. The first kappa shape index (κ1) is 34.6. The van der Waals surface area contributed by atoms with E-state index < -0.39 is 22.1 Å². The maximum atomic E-state index is 14.7. The van der Waals surface area contributed by atoms with Crippen molar-refractivity contribution in [2.24, 2.45) is 5.92 Å². The molecule has 3 aromatic rings. The molecule has 1 fully saturated rings. The second-order valence-corrected chi connectivity index (χ2v) is 13.5. The molecule has 246 valence electrons. The molecule has 1 amide bonds. The molecule has 0 bridgehead atoms. The minimum absolute atomic E-state index is 0.00835. The van der Waals surface area contributed by atoms with Crippen LogP contribution in [0.5, 0.6) is 0 Å². The summed E-state index contributed by atoms with van der Waals surface area (Å²) in [5, 5.41) is 10.0. The molecule has 1 aromatic carbocycles. The van der Waals surface area contributed by atoms with E-state index >= 15 is 0 Å². The lowest BCUT2D eigenvalue weighted by molar-refractivity contribution is -0.128. The number of nitriles is 1. The predicted octanol–water partition coefficient (Wildman–Crippen LogP) is 7.21. The molecular weight excluding hydrogens is 687 g/mol. The van der Waals surface area contributed by atoms with E-state index in [1.807, 2.05) is 56.8 Å². The molecule has 14 heteroatoms. The number of allylic oxidation sites excluding steroid dienone is 2. The number of nitrogens with zero attached hydrogens (tertiary/aromatic N) is 6. The van der Waals surface area contributed by atoms with Gasteiger partial charge in [0.2, 0.25) is 5.91 Å². The molecule has 4 heterocycles. The number of fused-ring (bicyclic) bond motifs is 1. The number of carbonyl (C=O) groups excluding carboxylic acids is 1. The molecule has 0 radical (unpaired) electrons. The van der Waals surface area contributed by atoms with Crippen molar-refractivity contribution in [3.63, 3.8) is 0 Å². The molecule has 0 spiro atoms. The van der Waals surface area contributed by atoms with Crippen molar-refractivity contribution in [1.82, 2.24) is 19.4 Å². The van der Waals surface area contributed by atoms with Crippen LogP contribution in [-0.4, -0.2) is 64.0 Å². The van der Waals surface area contributed by atoms with E-state index in [4.69, 9.17) is 57.1 Å². The second kappa shape index (κ2) is 13.0. The Labute approximate surface area is 291 Å². The van der Waals surface area contributed by atoms with E-state index in [1.165, 1.54) is 10.6 Å². The SMILES string of the molecule is C=CC(=O)N1CCN(c2c(C#N)c(=O)n(C3=C(C)C=CN(C)C3C(C)C)c3nc(-c4c(Cl)c(N)c(F)c(Cl)c4Cl)c(Cl)cc23)C[C@H]1C. The Kier molecular flexibility index (Phi) is 9.59. The summed E-state index contributed by atoms with van der Waals surface area (Å²) in [4.78, 5) is 37.6. The van der Waals surface area contributed by atoms with Crippen molar-refractivity contribution >= 4 is 80.4 Å². The number of halogens is 5. The van der Waals surface area contributed by atoms with Crippen LogP contribution in [0.25, 0.3) is 28.0 Å². The quantitative estimate of drug-likeness (QED) is 0.129. The van der Waals surface area contributed by atoms with E-state index in [9.17, 15) is 19.2 Å². The van der Waals surface area contributed by atoms with Crippen molar-refractivity contribution in [1.29, 1.82) is 5.26 Å². The predicted molar refractivity (Wildman–Crippen MR) is 189 cm³/mol. The topological polar surface area (TPSA) is 111 Å². The van der Waals surface area contributed by atoms with Gasteiger partial charge in [0, 0.05) is 43.7 Å². The number of pyridine rings is 2. The summed E-state index contributed by atoms with van der Waals surface area (Å²) >= 11 is 26.2. The Morgan fingerprint density at radius 2 is 1.89 bits per heavy atom. The molecular formula is C33H32Cl4FN7O2. The highest BCUT2D eigenvalue weighted by molar-refractivity contribution is 6.48. The van der Waals surface area contributed by atoms with Gasteiger partial charge in [0.25, 0.3) is 5.56 Å². The molecule has 1 unspecified atom stereocenters. The van der Waals surface area contributed by atoms with Crippen LogP contribution in [0, 0.1) is 23.1 Å². The van der Waals surface area contributed by atoms with Crippen LogP contribution in [0.4, 0.5) is 15.8 Å². The smallest absolute Gasteiger partial charge is 0.276 e. The van der Waals surface area contributed by atoms with Crippen LogP contribution in [0.15, 0.2) is 41.4 Å². The van der Waals surface area contributed by atoms with Crippen LogP contribution < -0.4 is 16.2 Å². The summed E-state index contributed by atoms with van der Waals surface area (Å²) in [7, 11) is 1.91. The van der Waals surface area contributed by atoms with Crippen LogP contribution in [0.1, 0.15) is 33.3 Å². The minimum atomic E-state index is -0.985. The number of aromatic nitrogens is 2. The zero-order valence-electron chi connectivity index (χ0n) is 26.3. The van der Waals surface area contributed by atoms with Gasteiger partial charge >= 0.3 is 0 Å². The Hall–Kier alpha value is -3.75. The van der Waals surface area contributed by atoms with Gasteiger partial charge in [-0.3, -0.25) is 14.2 Å². The fourth-order valence-corrected chi connectivity index (χ4v) is 7.51. The fraction of sp³-hybridized carbons (Fsp3) is 0.333. The van der Waals surface area contributed by atoms with E-state index in [0.717, 1.165) is 5.57 Å². The van der Waals surface area contributed by atoms with Gasteiger partial charge in [-0.1, -0.05) is 66.8 Å². The first-order valence-corrected chi connectivity index (χ1v) is 16.3. The highest BCUT2D eigenvalue weighted by atomic mass is 35.5. The van der Waals surface area contributed by atoms with Crippen molar-refractivity contribution in [3.8, 4) is 17.3 Å². The van der Waals surface area contributed by atoms with Gasteiger partial charge in [0.05, 0.1) is 48.9 Å². The molecule has 9 nitrogen and oxygen atoms in total. The third-order valence-corrected chi connectivity index (χ3v) is 10.2. The molecule has 0 saturated carbocycles. The molecule has 47 heavy (non-hydrogen) atoms. The average molecular weight is 719 g/mol. The lowest BCUT2D eigenvalue weighted by atomic mass is 9.93. The number of nitrogens with two attached hydrogens (primary N) is 1. The zero-order valence-corrected chi connectivity index (χ0v) is 29.4. The molecule has 2 N–H and O–H groups in total. The van der Waals surface area contributed by atoms with Crippen LogP contribution in [0.3, 0.4) is 0 Å². The highest BCUT2D eigenvalue weighted by Gasteiger charge is 2.35. The summed E-state index contributed by atoms with van der Waals surface area (Å²) in [6.45, 7) is 12.4. The minimum Gasteiger partial charge on any atom is -0.395 e. The standard InChI is InChI=1S/C33H32Cl4FN7O2/c1-7-21(46)44-11-10-43(14-17(44)5)31-18-12-20(34)28(22-23(35)25(37)26(38)27(40)24(22)36)41-32(18)45(33(47)19(31)13-39)30-16(4)8-9-42(6)29(30)15(2)3/h7-9,12,15,17,29H,1,10-11,14,40H2,2-6H3/t17-,29?/m1/s1. The number of piperazine rings is 1. The Morgan fingerprint density at radius 3 is 2.49 bits per heavy atom. The lowest BCUT2D eigenvalue weighted by Crippen LogP contribution is -2.54. The number of hydrogen-bond acceptors (Lipinski definition) is 7. The van der Waals surface area contributed by atoms with Gasteiger partial charge < -0.3 is 20.4 Å². The summed E-state index contributed by atoms with van der Waals surface area (Å²) in [5.74, 6) is -1.17. The van der Waals surface area contributed by atoms with E-state index in [-0.39, 0.29) is 61.4 Å². The molecule has 5 rings (SSSR count). The fourth-order valence-electron chi connectivity index (χ4n) is 6.49. The van der Waals surface area contributed by atoms with Gasteiger partial charge in [0.1, 0.15) is 17.3 Å². The van der Waals surface area contributed by atoms with Gasteiger partial charge in [-0.25, -0.2) is 9.37 Å². The number of hydrogen-bond donors (Lipinski definition) is 1. The molecule has 2 aromatic heterocycles. The molecule has 0 aliphatic carbocycles. The monoisotopic (exact) mass is 717 g/mol. The number of nitrogen functional groups attached to an aromatic ring is 1. The van der Waals surface area contributed by atoms with E-state index in [1.54, 1.807) is 11.0 Å². The van der Waals surface area contributed by atoms with Gasteiger partial charge in [-0.05, 0) is 49.8 Å². The van der Waals surface area contributed by atoms with Gasteiger partial charge in [-0.2, -0.15) is 5.26 Å². The Balaban J connectivity index is 1.92. The van der Waals surface area contributed by atoms with Crippen molar-refractivity contribution in [2.45, 2.75) is 39.8 Å². The lowest BCUT2D eigenvalue weighted by Gasteiger charge is -2.41. The zero-order chi connectivity index (χ0) is 34.6. The van der Waals surface area contributed by atoms with Crippen molar-refractivity contribution in [3.05, 3.63) is 78.4 Å². The maximum absolute atomic E-state index is 14.7. The number of benzene rings is 1.